The number of hydrogen-bond acceptors (Lipinski definition) is 2. The number of carbonyl (C=O) groups is 1. The van der Waals surface area contributed by atoms with Gasteiger partial charge in [0.1, 0.15) is 5.75 Å². The van der Waals surface area contributed by atoms with Crippen LogP contribution in [0.3, 0.4) is 0 Å². The molecule has 100 valence electrons. The van der Waals surface area contributed by atoms with E-state index in [0.29, 0.717) is 12.2 Å². The fourth-order valence-electron chi connectivity index (χ4n) is 2.15. The number of phenolic OH excluding ortho intramolecular Hbond substituents is 1. The van der Waals surface area contributed by atoms with E-state index in [1.54, 1.807) is 12.1 Å². The van der Waals surface area contributed by atoms with E-state index in [2.05, 4.69) is 6.92 Å². The quantitative estimate of drug-likeness (QED) is 0.567. The zero-order valence-electron chi connectivity index (χ0n) is 11.8. The molecular weight excluding hydrogens is 224 g/mol. The van der Waals surface area contributed by atoms with Crippen LogP contribution < -0.4 is 0 Å². The second-order valence-electron chi connectivity index (χ2n) is 5.05. The Morgan fingerprint density at radius 1 is 1.06 bits per heavy atom. The molecule has 2 nitrogen and oxygen atoms in total. The van der Waals surface area contributed by atoms with Gasteiger partial charge in [0.25, 0.3) is 0 Å². The minimum atomic E-state index is 0.192. The second kappa shape index (κ2) is 7.20. The van der Waals surface area contributed by atoms with Crippen LogP contribution in [0.25, 0.3) is 0 Å². The molecule has 0 aliphatic carbocycles. The Kier molecular flexibility index (Phi) is 5.90. The average Bonchev–Trinajstić information content (AvgIpc) is 2.34. The van der Waals surface area contributed by atoms with Crippen LogP contribution in [0.4, 0.5) is 0 Å². The van der Waals surface area contributed by atoms with Crippen molar-refractivity contribution in [1.82, 2.24) is 0 Å². The van der Waals surface area contributed by atoms with Crippen LogP contribution in [0.5, 0.6) is 5.75 Å². The lowest BCUT2D eigenvalue weighted by molar-refractivity contribution is 0.0979. The van der Waals surface area contributed by atoms with E-state index in [-0.39, 0.29) is 5.78 Å². The predicted molar refractivity (Wildman–Crippen MR) is 75.3 cm³/mol. The van der Waals surface area contributed by atoms with Gasteiger partial charge < -0.3 is 5.11 Å². The number of carbonyl (C=O) groups excluding carboxylic acids is 1. The van der Waals surface area contributed by atoms with Crippen LogP contribution in [0, 0.1) is 13.8 Å². The van der Waals surface area contributed by atoms with Crippen molar-refractivity contribution < 1.29 is 9.90 Å². The zero-order valence-corrected chi connectivity index (χ0v) is 11.8. The third-order valence-electron chi connectivity index (χ3n) is 3.32. The maximum atomic E-state index is 12.0. The summed E-state index contributed by atoms with van der Waals surface area (Å²) < 4.78 is 0. The summed E-state index contributed by atoms with van der Waals surface area (Å²) in [7, 11) is 0. The van der Waals surface area contributed by atoms with E-state index < -0.39 is 0 Å². The molecule has 0 bridgehead atoms. The highest BCUT2D eigenvalue weighted by molar-refractivity contribution is 5.96. The van der Waals surface area contributed by atoms with Gasteiger partial charge in [-0.15, -0.1) is 0 Å². The number of unbranched alkanes of at least 4 members (excludes halogenated alkanes) is 4. The highest BCUT2D eigenvalue weighted by Gasteiger charge is 2.09. The molecule has 18 heavy (non-hydrogen) atoms. The molecule has 0 fully saturated rings. The van der Waals surface area contributed by atoms with Gasteiger partial charge in [-0.1, -0.05) is 32.6 Å². The van der Waals surface area contributed by atoms with Gasteiger partial charge in [0, 0.05) is 12.0 Å². The fraction of sp³-hybridized carbons (Fsp3) is 0.562. The van der Waals surface area contributed by atoms with Crippen molar-refractivity contribution in [2.45, 2.75) is 59.3 Å². The lowest BCUT2D eigenvalue weighted by Gasteiger charge is -2.07. The number of phenols is 1. The summed E-state index contributed by atoms with van der Waals surface area (Å²) in [5.74, 6) is 0.493. The summed E-state index contributed by atoms with van der Waals surface area (Å²) in [6.45, 7) is 5.86. The number of benzene rings is 1. The highest BCUT2D eigenvalue weighted by Crippen LogP contribution is 2.24. The standard InChI is InChI=1S/C16H24O2/c1-4-5-6-7-8-9-15(17)14-10-12(2)16(18)13(3)11-14/h10-11,18H,4-9H2,1-3H3. The number of aromatic hydroxyl groups is 1. The molecule has 0 spiro atoms. The average molecular weight is 248 g/mol. The fourth-order valence-corrected chi connectivity index (χ4v) is 2.15. The largest absolute Gasteiger partial charge is 0.507 e. The molecule has 2 heteroatoms. The third-order valence-corrected chi connectivity index (χ3v) is 3.32. The zero-order chi connectivity index (χ0) is 13.5. The Hall–Kier alpha value is -1.31. The van der Waals surface area contributed by atoms with Crippen molar-refractivity contribution in [2.24, 2.45) is 0 Å². The van der Waals surface area contributed by atoms with Gasteiger partial charge in [-0.3, -0.25) is 4.79 Å². The summed E-state index contributed by atoms with van der Waals surface area (Å²) in [5.41, 5.74) is 2.30. The Morgan fingerprint density at radius 2 is 1.61 bits per heavy atom. The first-order chi connectivity index (χ1) is 8.56. The van der Waals surface area contributed by atoms with E-state index in [1.165, 1.54) is 19.3 Å². The van der Waals surface area contributed by atoms with Crippen molar-refractivity contribution in [1.29, 1.82) is 0 Å². The van der Waals surface area contributed by atoms with Gasteiger partial charge in [0.2, 0.25) is 0 Å². The molecule has 0 saturated heterocycles. The molecule has 0 atom stereocenters. The normalized spacial score (nSPS) is 10.6. The summed E-state index contributed by atoms with van der Waals surface area (Å²) in [5, 5.41) is 9.67. The Balaban J connectivity index is 2.52. The van der Waals surface area contributed by atoms with Gasteiger partial charge in [0.05, 0.1) is 0 Å². The molecule has 0 heterocycles. The monoisotopic (exact) mass is 248 g/mol. The summed E-state index contributed by atoms with van der Waals surface area (Å²) >= 11 is 0. The number of aryl methyl sites for hydroxylation is 2. The van der Waals surface area contributed by atoms with Crippen LogP contribution >= 0.6 is 0 Å². The third kappa shape index (κ3) is 4.17. The highest BCUT2D eigenvalue weighted by atomic mass is 16.3. The van der Waals surface area contributed by atoms with Crippen LogP contribution in [-0.4, -0.2) is 10.9 Å². The summed E-state index contributed by atoms with van der Waals surface area (Å²) in [6, 6.07) is 3.58. The molecular formula is C16H24O2. The first kappa shape index (κ1) is 14.7. The van der Waals surface area contributed by atoms with Crippen LogP contribution in [-0.2, 0) is 0 Å². The molecule has 1 N–H and O–H groups in total. The minimum Gasteiger partial charge on any atom is -0.507 e. The van der Waals surface area contributed by atoms with Crippen molar-refractivity contribution >= 4 is 5.78 Å². The molecule has 1 aromatic rings. The van der Waals surface area contributed by atoms with Crippen molar-refractivity contribution in [3.05, 3.63) is 28.8 Å². The lowest BCUT2D eigenvalue weighted by Crippen LogP contribution is -2.00. The first-order valence-corrected chi connectivity index (χ1v) is 6.89. The number of hydrogen-bond donors (Lipinski definition) is 1. The molecule has 0 amide bonds. The van der Waals surface area contributed by atoms with Gasteiger partial charge in [-0.2, -0.15) is 0 Å². The van der Waals surface area contributed by atoms with E-state index in [1.807, 2.05) is 13.8 Å². The predicted octanol–water partition coefficient (Wildman–Crippen LogP) is 4.55. The molecule has 0 aromatic heterocycles. The van der Waals surface area contributed by atoms with Gasteiger partial charge in [-0.05, 0) is 43.5 Å². The van der Waals surface area contributed by atoms with E-state index in [0.717, 1.165) is 29.5 Å². The summed E-state index contributed by atoms with van der Waals surface area (Å²) in [6.07, 6.45) is 6.42. The molecule has 0 aliphatic heterocycles. The van der Waals surface area contributed by atoms with Crippen molar-refractivity contribution in [3.63, 3.8) is 0 Å². The van der Waals surface area contributed by atoms with E-state index >= 15 is 0 Å². The molecule has 1 aromatic carbocycles. The van der Waals surface area contributed by atoms with E-state index in [4.69, 9.17) is 0 Å². The molecule has 0 aliphatic rings. The molecule has 1 rings (SSSR count). The maximum absolute atomic E-state index is 12.0. The van der Waals surface area contributed by atoms with Crippen LogP contribution in [0.2, 0.25) is 0 Å². The van der Waals surface area contributed by atoms with E-state index in [9.17, 15) is 9.90 Å². The maximum Gasteiger partial charge on any atom is 0.162 e. The van der Waals surface area contributed by atoms with Crippen molar-refractivity contribution in [3.8, 4) is 5.75 Å². The Labute approximate surface area is 110 Å². The van der Waals surface area contributed by atoms with Crippen LogP contribution in [0.15, 0.2) is 12.1 Å². The minimum absolute atomic E-state index is 0.192. The van der Waals surface area contributed by atoms with Gasteiger partial charge in [-0.25, -0.2) is 0 Å². The number of ketones is 1. The number of Topliss-reactive ketones (excluding diaryl/α,β-unsaturated/α-hetero) is 1. The second-order valence-corrected chi connectivity index (χ2v) is 5.05. The molecule has 0 unspecified atom stereocenters. The molecule has 0 radical (unpaired) electrons. The van der Waals surface area contributed by atoms with Crippen LogP contribution in [0.1, 0.15) is 66.9 Å². The topological polar surface area (TPSA) is 37.3 Å². The number of rotatable bonds is 7. The van der Waals surface area contributed by atoms with Gasteiger partial charge >= 0.3 is 0 Å². The first-order valence-electron chi connectivity index (χ1n) is 6.89. The Bertz CT molecular complexity index is 385. The van der Waals surface area contributed by atoms with Crippen molar-refractivity contribution in [2.75, 3.05) is 0 Å². The Morgan fingerprint density at radius 3 is 2.17 bits per heavy atom. The SMILES string of the molecule is CCCCCCCC(=O)c1cc(C)c(O)c(C)c1. The smallest absolute Gasteiger partial charge is 0.162 e. The van der Waals surface area contributed by atoms with Gasteiger partial charge in [0.15, 0.2) is 5.78 Å². The lowest BCUT2D eigenvalue weighted by atomic mass is 9.99. The summed E-state index contributed by atoms with van der Waals surface area (Å²) in [4.78, 5) is 12.0. The molecule has 0 saturated carbocycles.